The van der Waals surface area contributed by atoms with E-state index in [1.807, 2.05) is 24.3 Å². The van der Waals surface area contributed by atoms with Crippen LogP contribution in [0.3, 0.4) is 0 Å². The highest BCUT2D eigenvalue weighted by Crippen LogP contribution is 2.32. The summed E-state index contributed by atoms with van der Waals surface area (Å²) in [7, 11) is 2.20. The largest absolute Gasteiger partial charge is 0.416 e. The van der Waals surface area contributed by atoms with Crippen molar-refractivity contribution >= 4 is 11.3 Å². The van der Waals surface area contributed by atoms with Gasteiger partial charge in [0.05, 0.1) is 5.56 Å². The average Bonchev–Trinajstić information content (AvgIpc) is 2.83. The SMILES string of the molecule is C=CN(Cc1ccc(C(=C)CCC)cc1)c1cccc(C(F)(F)F)c1.CN1CCN(CC(C)(C)C)CC1. The molecule has 0 saturated carbocycles. The molecule has 0 N–H and O–H groups in total. The van der Waals surface area contributed by atoms with Crippen LogP contribution in [0, 0.1) is 5.41 Å². The minimum atomic E-state index is -4.36. The summed E-state index contributed by atoms with van der Waals surface area (Å²) in [5.74, 6) is 0. The van der Waals surface area contributed by atoms with Crippen LogP contribution >= 0.6 is 0 Å². The fourth-order valence-electron chi connectivity index (χ4n) is 4.29. The lowest BCUT2D eigenvalue weighted by Crippen LogP contribution is -2.47. The van der Waals surface area contributed by atoms with Crippen LogP contribution in [-0.4, -0.2) is 49.6 Å². The molecule has 1 fully saturated rings. The molecule has 0 radical (unpaired) electrons. The molecular formula is C31H44F3N3. The number of hydrogen-bond acceptors (Lipinski definition) is 3. The standard InChI is InChI=1S/C21H22F3N.C10H22N2/c1-4-7-16(3)18-12-10-17(11-13-18)15-25(5-2)20-9-6-8-19(14-20)21(22,23)24;1-10(2,3)9-12-7-5-11(4)6-8-12/h5-6,8-14H,2-4,7,15H2,1H3;5-9H2,1-4H3. The number of likely N-dealkylation sites (N-methyl/N-ethyl adjacent to an activating group) is 1. The van der Waals surface area contributed by atoms with Crippen molar-refractivity contribution in [2.75, 3.05) is 44.7 Å². The summed E-state index contributed by atoms with van der Waals surface area (Å²) in [6, 6.07) is 13.2. The Balaban J connectivity index is 0.000000335. The first kappa shape index (κ1) is 30.7. The predicted molar refractivity (Wildman–Crippen MR) is 152 cm³/mol. The first-order valence-electron chi connectivity index (χ1n) is 13.1. The van der Waals surface area contributed by atoms with Gasteiger partial charge in [-0.15, -0.1) is 0 Å². The molecule has 1 heterocycles. The van der Waals surface area contributed by atoms with E-state index in [1.165, 1.54) is 38.8 Å². The Hall–Kier alpha value is -2.57. The first-order valence-corrected chi connectivity index (χ1v) is 13.1. The van der Waals surface area contributed by atoms with Gasteiger partial charge in [-0.2, -0.15) is 13.2 Å². The van der Waals surface area contributed by atoms with E-state index in [0.717, 1.165) is 41.7 Å². The Bertz CT molecular complexity index is 982. The molecule has 3 nitrogen and oxygen atoms in total. The number of rotatable bonds is 8. The normalized spacial score (nSPS) is 15.0. The maximum absolute atomic E-state index is 12.9. The van der Waals surface area contributed by atoms with Gasteiger partial charge >= 0.3 is 6.18 Å². The Morgan fingerprint density at radius 1 is 1.00 bits per heavy atom. The molecule has 0 atom stereocenters. The minimum absolute atomic E-state index is 0.450. The summed E-state index contributed by atoms with van der Waals surface area (Å²) in [6.45, 7) is 23.5. The van der Waals surface area contributed by atoms with Crippen molar-refractivity contribution in [2.24, 2.45) is 5.41 Å². The van der Waals surface area contributed by atoms with Crippen molar-refractivity contribution in [1.82, 2.24) is 9.80 Å². The van der Waals surface area contributed by atoms with Gasteiger partial charge in [0.15, 0.2) is 0 Å². The molecule has 1 aliphatic heterocycles. The summed E-state index contributed by atoms with van der Waals surface area (Å²) in [4.78, 5) is 6.67. The van der Waals surface area contributed by atoms with Crippen LogP contribution < -0.4 is 4.90 Å². The molecular weight excluding hydrogens is 471 g/mol. The lowest BCUT2D eigenvalue weighted by atomic mass is 9.96. The summed E-state index contributed by atoms with van der Waals surface area (Å²) in [5, 5.41) is 0. The third kappa shape index (κ3) is 10.7. The van der Waals surface area contributed by atoms with Crippen molar-refractivity contribution in [1.29, 1.82) is 0 Å². The lowest BCUT2D eigenvalue weighted by molar-refractivity contribution is -0.137. The van der Waals surface area contributed by atoms with E-state index in [2.05, 4.69) is 57.7 Å². The number of halogens is 3. The first-order chi connectivity index (χ1) is 17.3. The third-order valence-electron chi connectivity index (χ3n) is 6.29. The second-order valence-electron chi connectivity index (χ2n) is 11.0. The predicted octanol–water partition coefficient (Wildman–Crippen LogP) is 7.95. The van der Waals surface area contributed by atoms with Crippen molar-refractivity contribution in [3.05, 3.63) is 84.6 Å². The van der Waals surface area contributed by atoms with Gasteiger partial charge in [-0.3, -0.25) is 0 Å². The van der Waals surface area contributed by atoms with Gasteiger partial charge in [0, 0.05) is 45.0 Å². The summed E-state index contributed by atoms with van der Waals surface area (Å²) in [5.41, 5.74) is 3.43. The smallest absolute Gasteiger partial charge is 0.344 e. The van der Waals surface area contributed by atoms with Gasteiger partial charge < -0.3 is 14.7 Å². The van der Waals surface area contributed by atoms with Crippen molar-refractivity contribution in [3.8, 4) is 0 Å². The van der Waals surface area contributed by atoms with Gasteiger partial charge in [0.25, 0.3) is 0 Å². The van der Waals surface area contributed by atoms with Gasteiger partial charge in [-0.1, -0.05) is 77.6 Å². The van der Waals surface area contributed by atoms with Gasteiger partial charge in [-0.25, -0.2) is 0 Å². The molecule has 0 aliphatic carbocycles. The van der Waals surface area contributed by atoms with E-state index in [4.69, 9.17) is 0 Å². The average molecular weight is 516 g/mol. The maximum atomic E-state index is 12.9. The number of anilines is 1. The zero-order chi connectivity index (χ0) is 27.6. The Morgan fingerprint density at radius 2 is 1.62 bits per heavy atom. The fraction of sp³-hybridized carbons (Fsp3) is 0.484. The molecule has 0 aromatic heterocycles. The zero-order valence-electron chi connectivity index (χ0n) is 23.2. The van der Waals surface area contributed by atoms with E-state index >= 15 is 0 Å². The van der Waals surface area contributed by atoms with Crippen molar-refractivity contribution in [2.45, 2.75) is 53.3 Å². The molecule has 0 unspecified atom stereocenters. The Labute approximate surface area is 222 Å². The quantitative estimate of drug-likeness (QED) is 0.353. The van der Waals surface area contributed by atoms with Crippen LogP contribution in [0.5, 0.6) is 0 Å². The molecule has 3 rings (SSSR count). The van der Waals surface area contributed by atoms with Crippen LogP contribution in [-0.2, 0) is 12.7 Å². The molecule has 1 aliphatic rings. The summed E-state index contributed by atoms with van der Waals surface area (Å²) in [6.07, 6.45) is -0.827. The molecule has 0 bridgehead atoms. The highest BCUT2D eigenvalue weighted by molar-refractivity contribution is 5.63. The molecule has 0 amide bonds. The Morgan fingerprint density at radius 3 is 2.14 bits per heavy atom. The lowest BCUT2D eigenvalue weighted by Gasteiger charge is -2.36. The molecule has 204 valence electrons. The third-order valence-corrected chi connectivity index (χ3v) is 6.29. The van der Waals surface area contributed by atoms with Gasteiger partial charge in [0.1, 0.15) is 0 Å². The van der Waals surface area contributed by atoms with Gasteiger partial charge in [0.2, 0.25) is 0 Å². The highest BCUT2D eigenvalue weighted by Gasteiger charge is 2.30. The summed E-state index contributed by atoms with van der Waals surface area (Å²) < 4.78 is 38.7. The van der Waals surface area contributed by atoms with E-state index in [0.29, 0.717) is 17.6 Å². The number of piperazine rings is 1. The maximum Gasteiger partial charge on any atom is 0.416 e. The van der Waals surface area contributed by atoms with Crippen LogP contribution in [0.25, 0.3) is 5.57 Å². The molecule has 2 aromatic rings. The van der Waals surface area contributed by atoms with Crippen LogP contribution in [0.1, 0.15) is 57.2 Å². The summed E-state index contributed by atoms with van der Waals surface area (Å²) >= 11 is 0. The monoisotopic (exact) mass is 515 g/mol. The molecule has 0 spiro atoms. The van der Waals surface area contributed by atoms with Crippen molar-refractivity contribution < 1.29 is 13.2 Å². The number of alkyl halides is 3. The van der Waals surface area contributed by atoms with Gasteiger partial charge in [-0.05, 0) is 60.0 Å². The molecule has 37 heavy (non-hydrogen) atoms. The molecule has 2 aromatic carbocycles. The van der Waals surface area contributed by atoms with Crippen molar-refractivity contribution in [3.63, 3.8) is 0 Å². The Kier molecular flexibility index (Phi) is 11.5. The topological polar surface area (TPSA) is 9.72 Å². The number of benzene rings is 2. The second-order valence-corrected chi connectivity index (χ2v) is 11.0. The molecule has 6 heteroatoms. The molecule has 1 saturated heterocycles. The number of nitrogens with zero attached hydrogens (tertiary/aromatic N) is 3. The zero-order valence-corrected chi connectivity index (χ0v) is 23.2. The van der Waals surface area contributed by atoms with Crippen LogP contribution in [0.15, 0.2) is 67.9 Å². The van der Waals surface area contributed by atoms with Crippen LogP contribution in [0.2, 0.25) is 0 Å². The van der Waals surface area contributed by atoms with Crippen LogP contribution in [0.4, 0.5) is 18.9 Å². The van der Waals surface area contributed by atoms with E-state index in [-0.39, 0.29) is 0 Å². The van der Waals surface area contributed by atoms with E-state index in [9.17, 15) is 13.2 Å². The number of hydrogen-bond donors (Lipinski definition) is 0. The fourth-order valence-corrected chi connectivity index (χ4v) is 4.29. The second kappa shape index (κ2) is 13.8. The number of allylic oxidation sites excluding steroid dienone is 1. The highest BCUT2D eigenvalue weighted by atomic mass is 19.4. The minimum Gasteiger partial charge on any atom is -0.344 e. The van der Waals surface area contributed by atoms with E-state index < -0.39 is 11.7 Å². The van der Waals surface area contributed by atoms with E-state index in [1.54, 1.807) is 17.2 Å².